The van der Waals surface area contributed by atoms with Gasteiger partial charge in [0.1, 0.15) is 6.61 Å². The van der Waals surface area contributed by atoms with Gasteiger partial charge >= 0.3 is 5.97 Å². The fraction of sp³-hybridized carbons (Fsp3) is 0.300. The van der Waals surface area contributed by atoms with Crippen molar-refractivity contribution in [2.45, 2.75) is 19.1 Å². The molecule has 1 heterocycles. The van der Waals surface area contributed by atoms with Crippen LogP contribution in [-0.4, -0.2) is 43.1 Å². The van der Waals surface area contributed by atoms with E-state index >= 15 is 0 Å². The lowest BCUT2D eigenvalue weighted by Gasteiger charge is -2.27. The molecule has 3 rings (SSSR count). The number of benzene rings is 2. The van der Waals surface area contributed by atoms with Gasteiger partial charge in [0.2, 0.25) is 6.10 Å². The number of esters is 1. The highest BCUT2D eigenvalue weighted by Crippen LogP contribution is 2.31. The van der Waals surface area contributed by atoms with Crippen LogP contribution in [0.25, 0.3) is 0 Å². The summed E-state index contributed by atoms with van der Waals surface area (Å²) < 4.78 is 16.2. The van der Waals surface area contributed by atoms with Gasteiger partial charge in [0, 0.05) is 7.05 Å². The lowest BCUT2D eigenvalue weighted by Crippen LogP contribution is -2.40. The van der Waals surface area contributed by atoms with E-state index < -0.39 is 12.1 Å². The Bertz CT molecular complexity index is 763. The molecular weight excluding hydrogens is 334 g/mol. The molecule has 0 saturated carbocycles. The van der Waals surface area contributed by atoms with E-state index in [-0.39, 0.29) is 25.2 Å². The van der Waals surface area contributed by atoms with Gasteiger partial charge in [0.15, 0.2) is 18.1 Å². The maximum atomic E-state index is 12.3. The number of carbonyl (C=O) groups excluding carboxylic acids is 2. The second kappa shape index (κ2) is 7.91. The fourth-order valence-electron chi connectivity index (χ4n) is 2.63. The van der Waals surface area contributed by atoms with Crippen molar-refractivity contribution in [2.24, 2.45) is 0 Å². The third-order valence-electron chi connectivity index (χ3n) is 4.37. The van der Waals surface area contributed by atoms with Gasteiger partial charge in [-0.05, 0) is 24.6 Å². The van der Waals surface area contributed by atoms with Crippen molar-refractivity contribution in [2.75, 3.05) is 20.3 Å². The Labute approximate surface area is 152 Å². The molecule has 2 unspecified atom stereocenters. The number of fused-ring (bicyclic) bond motifs is 1. The van der Waals surface area contributed by atoms with E-state index in [1.807, 2.05) is 43.3 Å². The number of likely N-dealkylation sites (N-methyl/N-ethyl adjacent to an activating group) is 1. The van der Waals surface area contributed by atoms with E-state index in [2.05, 4.69) is 0 Å². The first kappa shape index (κ1) is 17.8. The highest BCUT2D eigenvalue weighted by molar-refractivity contribution is 5.82. The molecule has 2 aromatic rings. The molecule has 0 N–H and O–H groups in total. The predicted molar refractivity (Wildman–Crippen MR) is 94.9 cm³/mol. The van der Waals surface area contributed by atoms with Gasteiger partial charge in [-0.15, -0.1) is 0 Å². The molecule has 1 aliphatic heterocycles. The number of hydrogen-bond acceptors (Lipinski definition) is 5. The second-order valence-electron chi connectivity index (χ2n) is 6.06. The van der Waals surface area contributed by atoms with Crippen LogP contribution < -0.4 is 9.47 Å². The maximum Gasteiger partial charge on any atom is 0.351 e. The highest BCUT2D eigenvalue weighted by Gasteiger charge is 2.29. The van der Waals surface area contributed by atoms with E-state index in [0.717, 1.165) is 5.56 Å². The van der Waals surface area contributed by atoms with Crippen molar-refractivity contribution in [1.29, 1.82) is 0 Å². The van der Waals surface area contributed by atoms with Gasteiger partial charge < -0.3 is 19.1 Å². The topological polar surface area (TPSA) is 65.1 Å². The van der Waals surface area contributed by atoms with Crippen LogP contribution in [-0.2, 0) is 14.3 Å². The average Bonchev–Trinajstić information content (AvgIpc) is 2.70. The molecule has 1 aliphatic rings. The predicted octanol–water partition coefficient (Wildman–Crippen LogP) is 2.59. The van der Waals surface area contributed by atoms with E-state index in [1.165, 1.54) is 0 Å². The second-order valence-corrected chi connectivity index (χ2v) is 6.06. The monoisotopic (exact) mass is 355 g/mol. The molecular formula is C20H21NO5. The van der Waals surface area contributed by atoms with Crippen LogP contribution in [0.5, 0.6) is 11.5 Å². The molecule has 6 nitrogen and oxygen atoms in total. The normalized spacial score (nSPS) is 16.5. The van der Waals surface area contributed by atoms with Gasteiger partial charge in [0.05, 0.1) is 6.04 Å². The Morgan fingerprint density at radius 1 is 1.12 bits per heavy atom. The summed E-state index contributed by atoms with van der Waals surface area (Å²) in [6.45, 7) is 1.64. The minimum Gasteiger partial charge on any atom is -0.485 e. The van der Waals surface area contributed by atoms with Crippen LogP contribution in [0.4, 0.5) is 0 Å². The zero-order valence-electron chi connectivity index (χ0n) is 14.8. The first-order valence-corrected chi connectivity index (χ1v) is 8.42. The molecule has 26 heavy (non-hydrogen) atoms. The van der Waals surface area contributed by atoms with Crippen LogP contribution >= 0.6 is 0 Å². The van der Waals surface area contributed by atoms with Crippen molar-refractivity contribution in [3.8, 4) is 11.5 Å². The molecule has 0 aromatic heterocycles. The Kier molecular flexibility index (Phi) is 5.41. The standard InChI is InChI=1S/C20H21NO5/c1-14(15-8-4-3-5-9-15)21(2)19(22)13-25-20(23)18-12-24-16-10-6-7-11-17(16)26-18/h3-11,14,18H,12-13H2,1-2H3. The average molecular weight is 355 g/mol. The van der Waals surface area contributed by atoms with Crippen molar-refractivity contribution < 1.29 is 23.8 Å². The van der Waals surface area contributed by atoms with Crippen molar-refractivity contribution in [1.82, 2.24) is 4.90 Å². The molecule has 136 valence electrons. The fourth-order valence-corrected chi connectivity index (χ4v) is 2.63. The summed E-state index contributed by atoms with van der Waals surface area (Å²) in [5.74, 6) is 0.173. The summed E-state index contributed by atoms with van der Waals surface area (Å²) in [4.78, 5) is 26.0. The molecule has 0 spiro atoms. The molecule has 1 amide bonds. The number of para-hydroxylation sites is 2. The minimum absolute atomic E-state index is 0.0558. The maximum absolute atomic E-state index is 12.3. The lowest BCUT2D eigenvalue weighted by molar-refractivity contribution is -0.160. The zero-order chi connectivity index (χ0) is 18.5. The van der Waals surface area contributed by atoms with E-state index in [1.54, 1.807) is 30.1 Å². The van der Waals surface area contributed by atoms with Crippen LogP contribution in [0, 0.1) is 0 Å². The van der Waals surface area contributed by atoms with Crippen LogP contribution in [0.1, 0.15) is 18.5 Å². The molecule has 0 fully saturated rings. The molecule has 2 atom stereocenters. The van der Waals surface area contributed by atoms with E-state index in [0.29, 0.717) is 11.5 Å². The zero-order valence-corrected chi connectivity index (χ0v) is 14.8. The van der Waals surface area contributed by atoms with Crippen LogP contribution in [0.3, 0.4) is 0 Å². The number of nitrogens with zero attached hydrogens (tertiary/aromatic N) is 1. The highest BCUT2D eigenvalue weighted by atomic mass is 16.6. The van der Waals surface area contributed by atoms with Crippen molar-refractivity contribution >= 4 is 11.9 Å². The van der Waals surface area contributed by atoms with Gasteiger partial charge in [0.25, 0.3) is 5.91 Å². The van der Waals surface area contributed by atoms with E-state index in [4.69, 9.17) is 14.2 Å². The third-order valence-corrected chi connectivity index (χ3v) is 4.37. The number of carbonyl (C=O) groups is 2. The first-order chi connectivity index (χ1) is 12.6. The lowest BCUT2D eigenvalue weighted by atomic mass is 10.1. The van der Waals surface area contributed by atoms with Crippen LogP contribution in [0.15, 0.2) is 54.6 Å². The Morgan fingerprint density at radius 3 is 2.50 bits per heavy atom. The molecule has 0 aliphatic carbocycles. The Morgan fingerprint density at radius 2 is 1.77 bits per heavy atom. The van der Waals surface area contributed by atoms with Crippen molar-refractivity contribution in [3.63, 3.8) is 0 Å². The van der Waals surface area contributed by atoms with Gasteiger partial charge in [-0.3, -0.25) is 4.79 Å². The summed E-state index contributed by atoms with van der Waals surface area (Å²) in [7, 11) is 1.68. The summed E-state index contributed by atoms with van der Waals surface area (Å²) in [6.07, 6.45) is -0.880. The quantitative estimate of drug-likeness (QED) is 0.772. The van der Waals surface area contributed by atoms with Crippen molar-refractivity contribution in [3.05, 3.63) is 60.2 Å². The molecule has 2 aromatic carbocycles. The molecule has 6 heteroatoms. The van der Waals surface area contributed by atoms with Gasteiger partial charge in [-0.1, -0.05) is 42.5 Å². The number of rotatable bonds is 5. The smallest absolute Gasteiger partial charge is 0.351 e. The van der Waals surface area contributed by atoms with Gasteiger partial charge in [-0.25, -0.2) is 4.79 Å². The number of hydrogen-bond donors (Lipinski definition) is 0. The summed E-state index contributed by atoms with van der Waals surface area (Å²) in [5, 5.41) is 0. The SMILES string of the molecule is CC(c1ccccc1)N(C)C(=O)COC(=O)C1COc2ccccc2O1. The van der Waals surface area contributed by atoms with Crippen LogP contribution in [0.2, 0.25) is 0 Å². The number of ether oxygens (including phenoxy) is 3. The summed E-state index contributed by atoms with van der Waals surface area (Å²) in [6, 6.07) is 16.6. The Balaban J connectivity index is 1.52. The minimum atomic E-state index is -0.880. The summed E-state index contributed by atoms with van der Waals surface area (Å²) in [5.41, 5.74) is 1.01. The molecule has 0 radical (unpaired) electrons. The summed E-state index contributed by atoms with van der Waals surface area (Å²) >= 11 is 0. The largest absolute Gasteiger partial charge is 0.485 e. The molecule has 0 saturated heterocycles. The van der Waals surface area contributed by atoms with Gasteiger partial charge in [-0.2, -0.15) is 0 Å². The number of amides is 1. The first-order valence-electron chi connectivity index (χ1n) is 8.42. The Hall–Kier alpha value is -3.02. The molecule has 0 bridgehead atoms. The third kappa shape index (κ3) is 3.96. The van der Waals surface area contributed by atoms with E-state index in [9.17, 15) is 9.59 Å².